The average molecular weight is 561 g/mol. The predicted octanol–water partition coefficient (Wildman–Crippen LogP) is 6.95. The number of carbonyl (C=O) groups is 3. The molecule has 2 amide bonds. The molecule has 0 unspecified atom stereocenters. The number of anilines is 2. The lowest BCUT2D eigenvalue weighted by molar-refractivity contribution is -0.120. The van der Waals surface area contributed by atoms with Crippen LogP contribution in [0.25, 0.3) is 0 Å². The lowest BCUT2D eigenvalue weighted by Crippen LogP contribution is -2.32. The number of amides is 2. The number of hydrogen-bond donors (Lipinski definition) is 1. The molecule has 0 fully saturated rings. The van der Waals surface area contributed by atoms with Crippen molar-refractivity contribution in [2.24, 2.45) is 0 Å². The number of imide groups is 1. The quantitative estimate of drug-likeness (QED) is 0.199. The van der Waals surface area contributed by atoms with Crippen molar-refractivity contribution in [2.45, 2.75) is 52.4 Å². The van der Waals surface area contributed by atoms with E-state index in [-0.39, 0.29) is 21.6 Å². The van der Waals surface area contributed by atoms with Crippen molar-refractivity contribution in [2.75, 3.05) is 17.3 Å². The number of carbonyl (C=O) groups excluding carboxylic acids is 3. The third-order valence-corrected chi connectivity index (χ3v) is 6.95. The number of rotatable bonds is 6. The molecule has 8 heteroatoms. The van der Waals surface area contributed by atoms with Crippen molar-refractivity contribution in [1.29, 1.82) is 0 Å². The van der Waals surface area contributed by atoms with Crippen LogP contribution >= 0.6 is 11.6 Å². The van der Waals surface area contributed by atoms with Gasteiger partial charge in [0.25, 0.3) is 11.8 Å². The first-order valence-corrected chi connectivity index (χ1v) is 13.3. The molecule has 40 heavy (non-hydrogen) atoms. The molecule has 3 aromatic carbocycles. The fourth-order valence-corrected chi connectivity index (χ4v) is 4.45. The molecule has 0 saturated heterocycles. The molecule has 0 aliphatic carbocycles. The first-order chi connectivity index (χ1) is 18.7. The van der Waals surface area contributed by atoms with Gasteiger partial charge in [-0.1, -0.05) is 65.3 Å². The Balaban J connectivity index is 1.50. The van der Waals surface area contributed by atoms with Crippen LogP contribution in [0.15, 0.2) is 77.5 Å². The molecule has 0 saturated carbocycles. The Morgan fingerprint density at radius 2 is 1.45 bits per heavy atom. The Bertz CT molecular complexity index is 1490. The zero-order valence-electron chi connectivity index (χ0n) is 23.7. The van der Waals surface area contributed by atoms with Gasteiger partial charge in [0, 0.05) is 11.3 Å². The minimum Gasteiger partial charge on any atom is -0.497 e. The fraction of sp³-hybridized carbons (Fsp3) is 0.281. The zero-order chi connectivity index (χ0) is 29.4. The second-order valence-electron chi connectivity index (χ2n) is 11.6. The van der Waals surface area contributed by atoms with E-state index in [9.17, 15) is 14.4 Å². The standard InChI is InChI=1S/C32H33ClN2O5/c1-31(2,3)20-10-17-25(24(18-20)32(4,5)6)40-30(38)19-8-11-21(12-9-19)34-27-26(33)28(36)35(29(27)37)22-13-15-23(39-7)16-14-22/h8-18,34H,1-7H3. The summed E-state index contributed by atoms with van der Waals surface area (Å²) in [5, 5.41) is 2.69. The van der Waals surface area contributed by atoms with Gasteiger partial charge in [-0.05, 0) is 71.0 Å². The maximum Gasteiger partial charge on any atom is 0.343 e. The van der Waals surface area contributed by atoms with Crippen LogP contribution in [0.3, 0.4) is 0 Å². The summed E-state index contributed by atoms with van der Waals surface area (Å²) in [5.41, 5.74) is 2.96. The highest BCUT2D eigenvalue weighted by Crippen LogP contribution is 2.36. The molecular weight excluding hydrogens is 528 g/mol. The predicted molar refractivity (Wildman–Crippen MR) is 157 cm³/mol. The van der Waals surface area contributed by atoms with Crippen LogP contribution in [0.2, 0.25) is 0 Å². The van der Waals surface area contributed by atoms with Crippen LogP contribution in [0.1, 0.15) is 63.0 Å². The summed E-state index contributed by atoms with van der Waals surface area (Å²) in [5.74, 6) is -0.618. The fourth-order valence-electron chi connectivity index (χ4n) is 4.24. The van der Waals surface area contributed by atoms with Crippen LogP contribution in [0.5, 0.6) is 11.5 Å². The summed E-state index contributed by atoms with van der Waals surface area (Å²) in [6.45, 7) is 12.7. The molecule has 1 heterocycles. The van der Waals surface area contributed by atoms with Crippen LogP contribution in [-0.4, -0.2) is 24.9 Å². The van der Waals surface area contributed by atoms with Gasteiger partial charge in [-0.3, -0.25) is 9.59 Å². The molecule has 208 valence electrons. The molecule has 0 bridgehead atoms. The van der Waals surface area contributed by atoms with Gasteiger partial charge in [-0.25, -0.2) is 9.69 Å². The first-order valence-electron chi connectivity index (χ1n) is 12.9. The van der Waals surface area contributed by atoms with Gasteiger partial charge in [0.2, 0.25) is 0 Å². The van der Waals surface area contributed by atoms with E-state index in [1.807, 2.05) is 12.1 Å². The molecular formula is C32H33ClN2O5. The highest BCUT2D eigenvalue weighted by Gasteiger charge is 2.39. The number of hydrogen-bond acceptors (Lipinski definition) is 6. The average Bonchev–Trinajstić information content (AvgIpc) is 3.11. The van der Waals surface area contributed by atoms with Crippen LogP contribution in [-0.2, 0) is 20.4 Å². The third kappa shape index (κ3) is 5.89. The van der Waals surface area contributed by atoms with Crippen molar-refractivity contribution >= 4 is 40.8 Å². The van der Waals surface area contributed by atoms with Gasteiger partial charge in [-0.2, -0.15) is 0 Å². The van der Waals surface area contributed by atoms with Crippen LogP contribution in [0.4, 0.5) is 11.4 Å². The maximum absolute atomic E-state index is 13.1. The largest absolute Gasteiger partial charge is 0.497 e. The second kappa shape index (κ2) is 10.8. The number of methoxy groups -OCH3 is 1. The minimum atomic E-state index is -0.633. The molecule has 0 radical (unpaired) electrons. The summed E-state index contributed by atoms with van der Waals surface area (Å²) in [4.78, 5) is 39.8. The lowest BCUT2D eigenvalue weighted by Gasteiger charge is -2.26. The SMILES string of the molecule is COc1ccc(N2C(=O)C(Cl)=C(Nc3ccc(C(=O)Oc4ccc(C(C)(C)C)cc4C(C)(C)C)cc3)C2=O)cc1. The molecule has 3 aromatic rings. The first kappa shape index (κ1) is 28.9. The second-order valence-corrected chi connectivity index (χ2v) is 12.0. The van der Waals surface area contributed by atoms with Crippen molar-refractivity contribution in [3.05, 3.63) is 94.1 Å². The minimum absolute atomic E-state index is 0.0410. The van der Waals surface area contributed by atoms with Gasteiger partial charge in [0.1, 0.15) is 22.2 Å². The number of nitrogens with zero attached hydrogens (tertiary/aromatic N) is 1. The van der Waals surface area contributed by atoms with E-state index in [0.717, 1.165) is 16.0 Å². The number of nitrogens with one attached hydrogen (secondary N) is 1. The van der Waals surface area contributed by atoms with E-state index in [4.69, 9.17) is 21.1 Å². The van der Waals surface area contributed by atoms with Gasteiger partial charge >= 0.3 is 5.97 Å². The summed E-state index contributed by atoms with van der Waals surface area (Å²) < 4.78 is 11.0. The zero-order valence-corrected chi connectivity index (χ0v) is 24.5. The highest BCUT2D eigenvalue weighted by molar-refractivity contribution is 6.53. The number of halogens is 1. The van der Waals surface area contributed by atoms with E-state index in [2.05, 4.69) is 52.9 Å². The van der Waals surface area contributed by atoms with Crippen LogP contribution < -0.4 is 19.7 Å². The Morgan fingerprint density at radius 3 is 2.00 bits per heavy atom. The molecule has 4 rings (SSSR count). The summed E-state index contributed by atoms with van der Waals surface area (Å²) in [6.07, 6.45) is 0. The van der Waals surface area contributed by atoms with E-state index >= 15 is 0 Å². The molecule has 1 aliphatic rings. The Hall–Kier alpha value is -4.10. The number of benzene rings is 3. The molecule has 0 aromatic heterocycles. The van der Waals surface area contributed by atoms with Crippen molar-refractivity contribution in [1.82, 2.24) is 0 Å². The molecule has 0 atom stereocenters. The van der Waals surface area contributed by atoms with Gasteiger partial charge in [-0.15, -0.1) is 0 Å². The van der Waals surface area contributed by atoms with Crippen molar-refractivity contribution in [3.63, 3.8) is 0 Å². The molecule has 1 N–H and O–H groups in total. The van der Waals surface area contributed by atoms with Crippen molar-refractivity contribution < 1.29 is 23.9 Å². The normalized spacial score (nSPS) is 14.1. The van der Waals surface area contributed by atoms with E-state index in [1.165, 1.54) is 7.11 Å². The van der Waals surface area contributed by atoms with E-state index < -0.39 is 17.8 Å². The van der Waals surface area contributed by atoms with Gasteiger partial charge in [0.05, 0.1) is 18.4 Å². The smallest absolute Gasteiger partial charge is 0.343 e. The van der Waals surface area contributed by atoms with Crippen LogP contribution in [0, 0.1) is 0 Å². The Labute approximate surface area is 239 Å². The highest BCUT2D eigenvalue weighted by atomic mass is 35.5. The Kier molecular flexibility index (Phi) is 7.81. The van der Waals surface area contributed by atoms with E-state index in [1.54, 1.807) is 48.5 Å². The lowest BCUT2D eigenvalue weighted by atomic mass is 9.80. The molecule has 1 aliphatic heterocycles. The monoisotopic (exact) mass is 560 g/mol. The summed E-state index contributed by atoms with van der Waals surface area (Å²) in [7, 11) is 1.53. The topological polar surface area (TPSA) is 84.9 Å². The van der Waals surface area contributed by atoms with Gasteiger partial charge in [0.15, 0.2) is 0 Å². The molecule has 0 spiro atoms. The molecule has 7 nitrogen and oxygen atoms in total. The van der Waals surface area contributed by atoms with E-state index in [0.29, 0.717) is 28.4 Å². The number of ether oxygens (including phenoxy) is 2. The number of esters is 1. The Morgan fingerprint density at radius 1 is 0.825 bits per heavy atom. The maximum atomic E-state index is 13.1. The van der Waals surface area contributed by atoms with Gasteiger partial charge < -0.3 is 14.8 Å². The third-order valence-electron chi connectivity index (χ3n) is 6.60. The summed E-state index contributed by atoms with van der Waals surface area (Å²) >= 11 is 6.25. The summed E-state index contributed by atoms with van der Waals surface area (Å²) in [6, 6.07) is 18.8. The van der Waals surface area contributed by atoms with Crippen molar-refractivity contribution in [3.8, 4) is 11.5 Å².